The number of nitrogens with zero attached hydrogens (tertiary/aromatic N) is 3. The van der Waals surface area contributed by atoms with E-state index in [9.17, 15) is 4.79 Å². The lowest BCUT2D eigenvalue weighted by atomic mass is 9.94. The molecule has 1 aromatic carbocycles. The molecule has 3 heterocycles. The van der Waals surface area contributed by atoms with E-state index in [4.69, 9.17) is 10.5 Å². The van der Waals surface area contributed by atoms with E-state index in [2.05, 4.69) is 15.3 Å². The van der Waals surface area contributed by atoms with Gasteiger partial charge >= 0.3 is 0 Å². The predicted molar refractivity (Wildman–Crippen MR) is 90.4 cm³/mol. The van der Waals surface area contributed by atoms with Crippen LogP contribution in [-0.4, -0.2) is 26.6 Å². The van der Waals surface area contributed by atoms with Gasteiger partial charge in [0.1, 0.15) is 0 Å². The number of ether oxygens (including phenoxy) is 1. The van der Waals surface area contributed by atoms with Crippen LogP contribution in [0.3, 0.4) is 0 Å². The molecule has 4 rings (SSSR count). The summed E-state index contributed by atoms with van der Waals surface area (Å²) in [5, 5.41) is 12.3. The zero-order valence-electron chi connectivity index (χ0n) is 13.5. The van der Waals surface area contributed by atoms with Crippen LogP contribution in [0.5, 0.6) is 0 Å². The average Bonchev–Trinajstić information content (AvgIpc) is 3.26. The van der Waals surface area contributed by atoms with Crippen LogP contribution in [0, 0.1) is 0 Å². The van der Waals surface area contributed by atoms with Gasteiger partial charge in [0.15, 0.2) is 0 Å². The highest BCUT2D eigenvalue weighted by molar-refractivity contribution is 5.91. The number of hydrogen-bond donors (Lipinski definition) is 2. The maximum Gasteiger partial charge on any atom is 0.272 e. The van der Waals surface area contributed by atoms with Crippen molar-refractivity contribution in [1.29, 1.82) is 0 Å². The fourth-order valence-electron chi connectivity index (χ4n) is 3.35. The summed E-state index contributed by atoms with van der Waals surface area (Å²) in [5.41, 5.74) is 9.18. The van der Waals surface area contributed by atoms with Crippen molar-refractivity contribution in [2.45, 2.75) is 25.5 Å². The summed E-state index contributed by atoms with van der Waals surface area (Å²) in [4.78, 5) is 12.4. The highest BCUT2D eigenvalue weighted by atomic mass is 16.5. The minimum absolute atomic E-state index is 0.0711. The van der Waals surface area contributed by atoms with E-state index in [0.29, 0.717) is 11.1 Å². The van der Waals surface area contributed by atoms with Gasteiger partial charge in [0.05, 0.1) is 23.4 Å². The molecule has 1 unspecified atom stereocenters. The van der Waals surface area contributed by atoms with Crippen LogP contribution < -0.4 is 11.3 Å². The molecule has 3 N–H and O–H groups in total. The summed E-state index contributed by atoms with van der Waals surface area (Å²) in [5.74, 6) is 0. The maximum absolute atomic E-state index is 12.4. The summed E-state index contributed by atoms with van der Waals surface area (Å²) in [6, 6.07) is 4.00. The van der Waals surface area contributed by atoms with Gasteiger partial charge in [-0.2, -0.15) is 10.2 Å². The second-order valence-electron chi connectivity index (χ2n) is 6.10. The van der Waals surface area contributed by atoms with Gasteiger partial charge in [-0.05, 0) is 36.1 Å². The van der Waals surface area contributed by atoms with Crippen molar-refractivity contribution in [3.05, 3.63) is 46.1 Å². The largest absolute Gasteiger partial charge is 0.374 e. The predicted octanol–water partition coefficient (Wildman–Crippen LogP) is 1.63. The normalized spacial score (nSPS) is 17.7. The van der Waals surface area contributed by atoms with Crippen LogP contribution in [0.1, 0.15) is 30.2 Å². The van der Waals surface area contributed by atoms with Gasteiger partial charge in [-0.1, -0.05) is 0 Å². The third-order valence-corrected chi connectivity index (χ3v) is 4.51. The molecule has 7 heteroatoms. The summed E-state index contributed by atoms with van der Waals surface area (Å²) in [6.45, 7) is 0.977. The van der Waals surface area contributed by atoms with Crippen LogP contribution in [0.2, 0.25) is 0 Å². The molecule has 0 saturated carbocycles. The standard InChI is InChI=1S/C17H19N5O2/c1-22-9-11(8-19-22)10-5-12-14(7-18)20-21-17(23)16(12)13(6-10)15-3-2-4-24-15/h5-6,8-9,15H,2-4,7,18H2,1H3,(H,21,23). The van der Waals surface area contributed by atoms with E-state index >= 15 is 0 Å². The van der Waals surface area contributed by atoms with Crippen molar-refractivity contribution < 1.29 is 4.74 Å². The molecule has 24 heavy (non-hydrogen) atoms. The highest BCUT2D eigenvalue weighted by Gasteiger charge is 2.23. The lowest BCUT2D eigenvalue weighted by Gasteiger charge is -2.15. The van der Waals surface area contributed by atoms with Crippen molar-refractivity contribution >= 4 is 10.8 Å². The Bertz CT molecular complexity index is 953. The molecule has 0 spiro atoms. The van der Waals surface area contributed by atoms with Crippen molar-refractivity contribution in [3.63, 3.8) is 0 Å². The van der Waals surface area contributed by atoms with Crippen molar-refractivity contribution in [2.75, 3.05) is 6.61 Å². The van der Waals surface area contributed by atoms with E-state index in [0.717, 1.165) is 41.5 Å². The van der Waals surface area contributed by atoms with Crippen LogP contribution in [0.4, 0.5) is 0 Å². The number of fused-ring (bicyclic) bond motifs is 1. The van der Waals surface area contributed by atoms with E-state index < -0.39 is 0 Å². The molecule has 2 aromatic heterocycles. The summed E-state index contributed by atoms with van der Waals surface area (Å²) in [7, 11) is 1.88. The van der Waals surface area contributed by atoms with E-state index in [1.807, 2.05) is 31.6 Å². The Hall–Kier alpha value is -2.51. The smallest absolute Gasteiger partial charge is 0.272 e. The van der Waals surface area contributed by atoms with Gasteiger partial charge in [0.2, 0.25) is 0 Å². The molecule has 124 valence electrons. The van der Waals surface area contributed by atoms with E-state index in [-0.39, 0.29) is 18.2 Å². The molecular weight excluding hydrogens is 306 g/mol. The van der Waals surface area contributed by atoms with Gasteiger partial charge < -0.3 is 10.5 Å². The number of aromatic nitrogens is 4. The lowest BCUT2D eigenvalue weighted by Crippen LogP contribution is -2.16. The quantitative estimate of drug-likeness (QED) is 0.762. The molecule has 0 aliphatic carbocycles. The molecule has 1 atom stereocenters. The first kappa shape index (κ1) is 15.0. The van der Waals surface area contributed by atoms with Crippen molar-refractivity contribution in [3.8, 4) is 11.1 Å². The molecule has 1 aliphatic rings. The van der Waals surface area contributed by atoms with Gasteiger partial charge in [-0.3, -0.25) is 9.48 Å². The molecular formula is C17H19N5O2. The molecule has 0 amide bonds. The average molecular weight is 325 g/mol. The van der Waals surface area contributed by atoms with Crippen LogP contribution in [0.15, 0.2) is 29.3 Å². The number of rotatable bonds is 3. The number of aromatic amines is 1. The molecule has 1 fully saturated rings. The van der Waals surface area contributed by atoms with Crippen molar-refractivity contribution in [2.24, 2.45) is 12.8 Å². The van der Waals surface area contributed by atoms with E-state index in [1.165, 1.54) is 0 Å². The third-order valence-electron chi connectivity index (χ3n) is 4.51. The third kappa shape index (κ3) is 2.42. The van der Waals surface area contributed by atoms with Crippen LogP contribution >= 0.6 is 0 Å². The second kappa shape index (κ2) is 5.85. The Morgan fingerprint density at radius 3 is 2.96 bits per heavy atom. The Morgan fingerprint density at radius 2 is 2.29 bits per heavy atom. The maximum atomic E-state index is 12.4. The monoisotopic (exact) mass is 325 g/mol. The minimum atomic E-state index is -0.203. The Balaban J connectivity index is 2.04. The number of benzene rings is 1. The molecule has 1 saturated heterocycles. The fourth-order valence-corrected chi connectivity index (χ4v) is 3.35. The number of hydrogen-bond acceptors (Lipinski definition) is 5. The summed E-state index contributed by atoms with van der Waals surface area (Å²) >= 11 is 0. The van der Waals surface area contributed by atoms with Crippen molar-refractivity contribution in [1.82, 2.24) is 20.0 Å². The minimum Gasteiger partial charge on any atom is -0.374 e. The molecule has 3 aromatic rings. The Labute approximate surface area is 138 Å². The summed E-state index contributed by atoms with van der Waals surface area (Å²) in [6.07, 6.45) is 5.59. The first-order valence-corrected chi connectivity index (χ1v) is 8.03. The van der Waals surface area contributed by atoms with Crippen LogP contribution in [-0.2, 0) is 18.3 Å². The number of nitrogens with one attached hydrogen (secondary N) is 1. The first-order chi connectivity index (χ1) is 11.7. The Morgan fingerprint density at radius 1 is 1.42 bits per heavy atom. The zero-order chi connectivity index (χ0) is 16.7. The number of nitrogens with two attached hydrogens (primary N) is 1. The topological polar surface area (TPSA) is 98.8 Å². The molecule has 0 bridgehead atoms. The van der Waals surface area contributed by atoms with Crippen LogP contribution in [0.25, 0.3) is 21.9 Å². The zero-order valence-corrected chi connectivity index (χ0v) is 13.5. The Kier molecular flexibility index (Phi) is 3.66. The van der Waals surface area contributed by atoms with Gasteiger partial charge in [0.25, 0.3) is 5.56 Å². The number of aryl methyl sites for hydroxylation is 1. The van der Waals surface area contributed by atoms with Gasteiger partial charge in [-0.25, -0.2) is 5.10 Å². The first-order valence-electron chi connectivity index (χ1n) is 8.03. The molecule has 0 radical (unpaired) electrons. The molecule has 7 nitrogen and oxygen atoms in total. The fraction of sp³-hybridized carbons (Fsp3) is 0.353. The lowest BCUT2D eigenvalue weighted by molar-refractivity contribution is 0.113. The second-order valence-corrected chi connectivity index (χ2v) is 6.10. The molecule has 1 aliphatic heterocycles. The summed E-state index contributed by atoms with van der Waals surface area (Å²) < 4.78 is 7.60. The highest BCUT2D eigenvalue weighted by Crippen LogP contribution is 2.36. The van der Waals surface area contributed by atoms with Gasteiger partial charge in [0, 0.05) is 37.3 Å². The number of H-pyrrole nitrogens is 1. The van der Waals surface area contributed by atoms with E-state index in [1.54, 1.807) is 4.68 Å². The SMILES string of the molecule is Cn1cc(-c2cc(C3CCCO3)c3c(=O)[nH]nc(CN)c3c2)cn1. The van der Waals surface area contributed by atoms with Gasteiger partial charge in [-0.15, -0.1) is 0 Å².